The number of hydrogen-bond donors (Lipinski definition) is 0. The van der Waals surface area contributed by atoms with Gasteiger partial charge in [-0.25, -0.2) is 9.67 Å². The van der Waals surface area contributed by atoms with Crippen molar-refractivity contribution >= 4 is 11.0 Å². The molecule has 0 N–H and O–H groups in total. The summed E-state index contributed by atoms with van der Waals surface area (Å²) in [6.45, 7) is 14.0. The van der Waals surface area contributed by atoms with E-state index in [1.54, 1.807) is 0 Å². The highest BCUT2D eigenvalue weighted by Crippen LogP contribution is 2.43. The van der Waals surface area contributed by atoms with Crippen molar-refractivity contribution in [1.82, 2.24) is 24.5 Å². The highest BCUT2D eigenvalue weighted by Gasteiger charge is 2.30. The van der Waals surface area contributed by atoms with Crippen LogP contribution in [0.15, 0.2) is 42.7 Å². The van der Waals surface area contributed by atoms with Crippen LogP contribution in [0, 0.1) is 25.2 Å². The minimum atomic E-state index is 0.0381. The standard InChI is InChI=1S/C30H39N5O/c1-20-7-8-23(18-24(20)19-35-14-13-31-27(35)17-22-11-15-36-16-12-22)28(30(3,4)5)25-9-10-26-29(21(25)2)32-33-34(26)6/h7-10,13-14,18,22,28H,11-12,15-17,19H2,1-6H3. The molecule has 4 aromatic rings. The van der Waals surface area contributed by atoms with Gasteiger partial charge in [-0.1, -0.05) is 50.3 Å². The Morgan fingerprint density at radius 2 is 1.86 bits per heavy atom. The maximum atomic E-state index is 5.56. The first-order valence-corrected chi connectivity index (χ1v) is 13.2. The molecule has 0 aliphatic carbocycles. The van der Waals surface area contributed by atoms with E-state index in [4.69, 9.17) is 9.72 Å². The van der Waals surface area contributed by atoms with E-state index in [0.29, 0.717) is 5.92 Å². The summed E-state index contributed by atoms with van der Waals surface area (Å²) in [7, 11) is 1.95. The predicted octanol–water partition coefficient (Wildman–Crippen LogP) is 5.98. The summed E-state index contributed by atoms with van der Waals surface area (Å²) in [5, 5.41) is 8.73. The van der Waals surface area contributed by atoms with Crippen molar-refractivity contribution in [2.45, 2.75) is 66.3 Å². The summed E-state index contributed by atoms with van der Waals surface area (Å²) >= 11 is 0. The molecule has 1 atom stereocenters. The van der Waals surface area contributed by atoms with Crippen LogP contribution in [-0.4, -0.2) is 37.8 Å². The topological polar surface area (TPSA) is 57.8 Å². The number of nitrogens with zero attached hydrogens (tertiary/aromatic N) is 5. The van der Waals surface area contributed by atoms with Gasteiger partial charge < -0.3 is 9.30 Å². The van der Waals surface area contributed by atoms with Gasteiger partial charge in [-0.2, -0.15) is 0 Å². The van der Waals surface area contributed by atoms with E-state index in [9.17, 15) is 0 Å². The van der Waals surface area contributed by atoms with Crippen molar-refractivity contribution in [3.63, 3.8) is 0 Å². The molecule has 1 aliphatic rings. The fraction of sp³-hybridized carbons (Fsp3) is 0.500. The summed E-state index contributed by atoms with van der Waals surface area (Å²) in [6, 6.07) is 11.5. The average molecular weight is 486 g/mol. The minimum Gasteiger partial charge on any atom is -0.381 e. The fourth-order valence-electron chi connectivity index (χ4n) is 5.82. The van der Waals surface area contributed by atoms with Gasteiger partial charge in [-0.15, -0.1) is 5.10 Å². The zero-order chi connectivity index (χ0) is 25.4. The van der Waals surface area contributed by atoms with Crippen LogP contribution >= 0.6 is 0 Å². The summed E-state index contributed by atoms with van der Waals surface area (Å²) in [5.41, 5.74) is 8.67. The Balaban J connectivity index is 1.49. The normalized spacial score (nSPS) is 16.1. The largest absolute Gasteiger partial charge is 0.381 e. The molecule has 2 aromatic heterocycles. The Labute approximate surface area is 214 Å². The first-order chi connectivity index (χ1) is 17.2. The molecule has 1 unspecified atom stereocenters. The molecule has 1 aliphatic heterocycles. The SMILES string of the molecule is Cc1ccc(C(c2ccc3c(nnn3C)c2C)C(C)(C)C)cc1Cn1ccnc1CC1CCOCC1. The molecule has 0 spiro atoms. The van der Waals surface area contributed by atoms with E-state index in [1.165, 1.54) is 33.6 Å². The zero-order valence-corrected chi connectivity index (χ0v) is 22.6. The molecule has 0 amide bonds. The van der Waals surface area contributed by atoms with Crippen molar-refractivity contribution < 1.29 is 4.74 Å². The van der Waals surface area contributed by atoms with Gasteiger partial charge in [0.2, 0.25) is 0 Å². The smallest absolute Gasteiger partial charge is 0.116 e. The number of imidazole rings is 1. The van der Waals surface area contributed by atoms with Crippen molar-refractivity contribution in [2.75, 3.05) is 13.2 Å². The second-order valence-corrected chi connectivity index (χ2v) is 11.6. The minimum absolute atomic E-state index is 0.0381. The van der Waals surface area contributed by atoms with Crippen LogP contribution < -0.4 is 0 Å². The Morgan fingerprint density at radius 1 is 1.08 bits per heavy atom. The van der Waals surface area contributed by atoms with Crippen molar-refractivity contribution in [2.24, 2.45) is 18.4 Å². The molecular weight excluding hydrogens is 446 g/mol. The Bertz CT molecular complexity index is 1350. The quantitative estimate of drug-likeness (QED) is 0.337. The van der Waals surface area contributed by atoms with Crippen LogP contribution in [0.1, 0.15) is 73.2 Å². The molecule has 0 saturated carbocycles. The van der Waals surface area contributed by atoms with Crippen molar-refractivity contribution in [3.8, 4) is 0 Å². The van der Waals surface area contributed by atoms with Gasteiger partial charge in [0.25, 0.3) is 0 Å². The number of ether oxygens (including phenoxy) is 1. The second-order valence-electron chi connectivity index (χ2n) is 11.6. The van der Waals surface area contributed by atoms with Gasteiger partial charge in [-0.3, -0.25) is 0 Å². The first-order valence-electron chi connectivity index (χ1n) is 13.2. The second kappa shape index (κ2) is 9.81. The van der Waals surface area contributed by atoms with Gasteiger partial charge in [0, 0.05) is 51.5 Å². The number of hydrogen-bond acceptors (Lipinski definition) is 4. The van der Waals surface area contributed by atoms with Crippen molar-refractivity contribution in [1.29, 1.82) is 0 Å². The number of benzene rings is 2. The summed E-state index contributed by atoms with van der Waals surface area (Å²) < 4.78 is 9.75. The van der Waals surface area contributed by atoms with Gasteiger partial charge in [0.05, 0.1) is 5.52 Å². The van der Waals surface area contributed by atoms with E-state index < -0.39 is 0 Å². The highest BCUT2D eigenvalue weighted by atomic mass is 16.5. The summed E-state index contributed by atoms with van der Waals surface area (Å²) in [6.07, 6.45) is 7.37. The van der Waals surface area contributed by atoms with Crippen LogP contribution in [0.4, 0.5) is 0 Å². The van der Waals surface area contributed by atoms with E-state index in [2.05, 4.69) is 86.0 Å². The molecule has 190 valence electrons. The molecule has 1 fully saturated rings. The third-order valence-corrected chi connectivity index (χ3v) is 7.92. The molecule has 6 nitrogen and oxygen atoms in total. The first kappa shape index (κ1) is 24.7. The number of rotatable bonds is 6. The Morgan fingerprint density at radius 3 is 2.61 bits per heavy atom. The number of fused-ring (bicyclic) bond motifs is 1. The van der Waals surface area contributed by atoms with E-state index in [-0.39, 0.29) is 11.3 Å². The molecule has 6 heteroatoms. The molecule has 36 heavy (non-hydrogen) atoms. The monoisotopic (exact) mass is 485 g/mol. The fourth-order valence-corrected chi connectivity index (χ4v) is 5.82. The Hall–Kier alpha value is -2.99. The molecular formula is C30H39N5O. The number of aryl methyl sites for hydroxylation is 3. The number of aromatic nitrogens is 5. The van der Waals surface area contributed by atoms with Crippen LogP contribution in [-0.2, 0) is 24.8 Å². The molecule has 5 rings (SSSR count). The Kier molecular flexibility index (Phi) is 6.73. The van der Waals surface area contributed by atoms with Crippen molar-refractivity contribution in [3.05, 3.63) is 76.4 Å². The maximum Gasteiger partial charge on any atom is 0.116 e. The van der Waals surface area contributed by atoms with Gasteiger partial charge in [0.15, 0.2) is 0 Å². The molecule has 0 radical (unpaired) electrons. The summed E-state index contributed by atoms with van der Waals surface area (Å²) in [4.78, 5) is 4.73. The predicted molar refractivity (Wildman–Crippen MR) is 144 cm³/mol. The summed E-state index contributed by atoms with van der Waals surface area (Å²) in [5.74, 6) is 2.09. The lowest BCUT2D eigenvalue weighted by Gasteiger charge is -2.33. The van der Waals surface area contributed by atoms with Crippen LogP contribution in [0.3, 0.4) is 0 Å². The highest BCUT2D eigenvalue weighted by molar-refractivity contribution is 5.79. The van der Waals surface area contributed by atoms with E-state index in [0.717, 1.165) is 50.1 Å². The maximum absolute atomic E-state index is 5.56. The van der Waals surface area contributed by atoms with Gasteiger partial charge in [0.1, 0.15) is 11.3 Å². The lowest BCUT2D eigenvalue weighted by atomic mass is 9.71. The molecule has 1 saturated heterocycles. The van der Waals surface area contributed by atoms with Crippen LogP contribution in [0.25, 0.3) is 11.0 Å². The van der Waals surface area contributed by atoms with Gasteiger partial charge >= 0.3 is 0 Å². The van der Waals surface area contributed by atoms with Crippen LogP contribution in [0.5, 0.6) is 0 Å². The third kappa shape index (κ3) is 4.83. The van der Waals surface area contributed by atoms with Gasteiger partial charge in [-0.05, 0) is 71.9 Å². The average Bonchev–Trinajstić information content (AvgIpc) is 3.44. The molecule has 0 bridgehead atoms. The third-order valence-electron chi connectivity index (χ3n) is 7.92. The zero-order valence-electron chi connectivity index (χ0n) is 22.6. The van der Waals surface area contributed by atoms with E-state index in [1.807, 2.05) is 17.9 Å². The molecule has 2 aromatic carbocycles. The van der Waals surface area contributed by atoms with Crippen LogP contribution in [0.2, 0.25) is 0 Å². The lowest BCUT2D eigenvalue weighted by molar-refractivity contribution is 0.0657. The lowest BCUT2D eigenvalue weighted by Crippen LogP contribution is -2.21. The van der Waals surface area contributed by atoms with E-state index >= 15 is 0 Å². The molecule has 3 heterocycles.